The standard InChI is InChI=1S/C21H27FN2O2/c1-2-14(15-13-23-17-7-5-6-16(22)21(15)17)12-20(25)24-10-11-26-19-9-4-3-8-18(19)24/h5-7,13-14,18-19,23H,2-4,8-12H2,1H3/t14?,18-,19+/m1/s1. The summed E-state index contributed by atoms with van der Waals surface area (Å²) in [6, 6.07) is 5.30. The highest BCUT2D eigenvalue weighted by molar-refractivity contribution is 5.85. The van der Waals surface area contributed by atoms with Crippen molar-refractivity contribution in [1.82, 2.24) is 9.88 Å². The van der Waals surface area contributed by atoms with Crippen LogP contribution in [0.2, 0.25) is 0 Å². The van der Waals surface area contributed by atoms with E-state index in [0.29, 0.717) is 25.0 Å². The van der Waals surface area contributed by atoms with Gasteiger partial charge in [-0.25, -0.2) is 4.39 Å². The van der Waals surface area contributed by atoms with Gasteiger partial charge in [-0.15, -0.1) is 0 Å². The van der Waals surface area contributed by atoms with Crippen LogP contribution in [0.1, 0.15) is 56.9 Å². The van der Waals surface area contributed by atoms with Crippen LogP contribution in [0.25, 0.3) is 10.9 Å². The van der Waals surface area contributed by atoms with E-state index in [2.05, 4.69) is 11.9 Å². The summed E-state index contributed by atoms with van der Waals surface area (Å²) in [4.78, 5) is 18.3. The van der Waals surface area contributed by atoms with Gasteiger partial charge >= 0.3 is 0 Å². The number of H-pyrrole nitrogens is 1. The van der Waals surface area contributed by atoms with Gasteiger partial charge in [-0.2, -0.15) is 0 Å². The van der Waals surface area contributed by atoms with Crippen molar-refractivity contribution in [2.24, 2.45) is 0 Å². The molecule has 1 aliphatic heterocycles. The zero-order valence-electron chi connectivity index (χ0n) is 15.3. The van der Waals surface area contributed by atoms with Crippen molar-refractivity contribution >= 4 is 16.8 Å². The number of rotatable bonds is 4. The van der Waals surface area contributed by atoms with Gasteiger partial charge in [0.2, 0.25) is 5.91 Å². The number of aromatic nitrogens is 1. The Morgan fingerprint density at radius 3 is 3.08 bits per heavy atom. The quantitative estimate of drug-likeness (QED) is 0.882. The number of hydrogen-bond acceptors (Lipinski definition) is 2. The predicted molar refractivity (Wildman–Crippen MR) is 99.6 cm³/mol. The maximum Gasteiger partial charge on any atom is 0.223 e. The predicted octanol–water partition coefficient (Wildman–Crippen LogP) is 4.36. The highest BCUT2D eigenvalue weighted by Crippen LogP contribution is 2.34. The molecule has 3 atom stereocenters. The van der Waals surface area contributed by atoms with Gasteiger partial charge in [0.05, 0.1) is 18.8 Å². The zero-order chi connectivity index (χ0) is 18.1. The van der Waals surface area contributed by atoms with E-state index >= 15 is 0 Å². The summed E-state index contributed by atoms with van der Waals surface area (Å²) >= 11 is 0. The maximum atomic E-state index is 14.4. The van der Waals surface area contributed by atoms with E-state index in [1.807, 2.05) is 17.2 Å². The Hall–Kier alpha value is -1.88. The smallest absolute Gasteiger partial charge is 0.223 e. The van der Waals surface area contributed by atoms with Crippen molar-refractivity contribution in [2.75, 3.05) is 13.2 Å². The first-order valence-corrected chi connectivity index (χ1v) is 9.85. The molecule has 0 spiro atoms. The number of benzene rings is 1. The van der Waals surface area contributed by atoms with E-state index in [1.165, 1.54) is 18.9 Å². The first-order chi connectivity index (χ1) is 12.7. The summed E-state index contributed by atoms with van der Waals surface area (Å²) in [5.74, 6) is -0.0101. The average Bonchev–Trinajstić information content (AvgIpc) is 3.11. The lowest BCUT2D eigenvalue weighted by molar-refractivity contribution is -0.150. The van der Waals surface area contributed by atoms with Crippen molar-refractivity contribution in [3.05, 3.63) is 35.8 Å². The number of hydrogen-bond donors (Lipinski definition) is 1. The van der Waals surface area contributed by atoms with Crippen LogP contribution in [-0.2, 0) is 9.53 Å². The molecule has 1 saturated heterocycles. The number of morpholine rings is 1. The fourth-order valence-corrected chi connectivity index (χ4v) is 4.70. The molecule has 2 aromatic rings. The molecule has 5 heteroatoms. The van der Waals surface area contributed by atoms with E-state index < -0.39 is 0 Å². The number of ether oxygens (including phenoxy) is 1. The number of aromatic amines is 1. The van der Waals surface area contributed by atoms with Crippen LogP contribution in [0, 0.1) is 5.82 Å². The van der Waals surface area contributed by atoms with E-state index in [-0.39, 0.29) is 29.8 Å². The van der Waals surface area contributed by atoms with E-state index in [1.54, 1.807) is 6.07 Å². The number of carbonyl (C=O) groups is 1. The van der Waals surface area contributed by atoms with Crippen LogP contribution in [0.3, 0.4) is 0 Å². The second-order valence-electron chi connectivity index (χ2n) is 7.56. The van der Waals surface area contributed by atoms with Crippen LogP contribution in [0.4, 0.5) is 4.39 Å². The minimum atomic E-state index is -0.219. The highest BCUT2D eigenvalue weighted by atomic mass is 19.1. The first kappa shape index (κ1) is 17.5. The Bertz CT molecular complexity index is 785. The van der Waals surface area contributed by atoms with Gasteiger partial charge in [-0.05, 0) is 42.9 Å². The summed E-state index contributed by atoms with van der Waals surface area (Å²) in [5.41, 5.74) is 1.71. The number of halogens is 1. The summed E-state index contributed by atoms with van der Waals surface area (Å²) in [7, 11) is 0. The van der Waals surface area contributed by atoms with Gasteiger partial charge in [0.1, 0.15) is 5.82 Å². The third kappa shape index (κ3) is 3.13. The first-order valence-electron chi connectivity index (χ1n) is 9.85. The summed E-state index contributed by atoms with van der Waals surface area (Å²) in [6.45, 7) is 3.38. The topological polar surface area (TPSA) is 45.3 Å². The van der Waals surface area contributed by atoms with Crippen LogP contribution < -0.4 is 0 Å². The minimum Gasteiger partial charge on any atom is -0.374 e. The monoisotopic (exact) mass is 358 g/mol. The SMILES string of the molecule is CCC(CC(=O)N1CCO[C@H]2CCCC[C@H]21)c1c[nH]c2cccc(F)c12. The molecule has 1 aromatic heterocycles. The van der Waals surface area contributed by atoms with E-state index in [9.17, 15) is 9.18 Å². The molecule has 4 rings (SSSR count). The van der Waals surface area contributed by atoms with Gasteiger partial charge in [0.15, 0.2) is 0 Å². The second-order valence-corrected chi connectivity index (χ2v) is 7.56. The van der Waals surface area contributed by atoms with Gasteiger partial charge < -0.3 is 14.6 Å². The Morgan fingerprint density at radius 1 is 1.38 bits per heavy atom. The molecule has 2 heterocycles. The lowest BCUT2D eigenvalue weighted by Gasteiger charge is -2.44. The molecule has 1 amide bonds. The number of nitrogens with one attached hydrogen (secondary N) is 1. The fraction of sp³-hybridized carbons (Fsp3) is 0.571. The number of fused-ring (bicyclic) bond motifs is 2. The van der Waals surface area contributed by atoms with Crippen molar-refractivity contribution in [2.45, 2.75) is 63.5 Å². The molecule has 26 heavy (non-hydrogen) atoms. The van der Waals surface area contributed by atoms with Crippen molar-refractivity contribution in [3.63, 3.8) is 0 Å². The molecule has 1 N–H and O–H groups in total. The number of nitrogens with zero attached hydrogens (tertiary/aromatic N) is 1. The molecule has 1 aliphatic carbocycles. The van der Waals surface area contributed by atoms with Gasteiger partial charge in [0.25, 0.3) is 0 Å². The molecular weight excluding hydrogens is 331 g/mol. The molecule has 4 nitrogen and oxygen atoms in total. The molecule has 1 saturated carbocycles. The largest absolute Gasteiger partial charge is 0.374 e. The van der Waals surface area contributed by atoms with Crippen molar-refractivity contribution in [1.29, 1.82) is 0 Å². The van der Waals surface area contributed by atoms with Crippen molar-refractivity contribution in [3.8, 4) is 0 Å². The molecule has 0 radical (unpaired) electrons. The number of carbonyl (C=O) groups excluding carboxylic acids is 1. The third-order valence-corrected chi connectivity index (χ3v) is 6.09. The lowest BCUT2D eigenvalue weighted by Crippen LogP contribution is -2.55. The van der Waals surface area contributed by atoms with Crippen LogP contribution in [0.15, 0.2) is 24.4 Å². The normalized spacial score (nSPS) is 24.5. The lowest BCUT2D eigenvalue weighted by atomic mass is 9.88. The van der Waals surface area contributed by atoms with Crippen LogP contribution >= 0.6 is 0 Å². The summed E-state index contributed by atoms with van der Waals surface area (Å²) in [6.07, 6.45) is 7.76. The summed E-state index contributed by atoms with van der Waals surface area (Å²) < 4.78 is 20.2. The molecule has 1 unspecified atom stereocenters. The molecule has 2 fully saturated rings. The van der Waals surface area contributed by atoms with E-state index in [4.69, 9.17) is 4.74 Å². The second kappa shape index (κ2) is 7.39. The Kier molecular flexibility index (Phi) is 4.98. The molecule has 1 aromatic carbocycles. The Balaban J connectivity index is 1.55. The minimum absolute atomic E-state index is 0.0260. The highest BCUT2D eigenvalue weighted by Gasteiger charge is 2.37. The number of amides is 1. The average molecular weight is 358 g/mol. The summed E-state index contributed by atoms with van der Waals surface area (Å²) in [5, 5.41) is 0.629. The van der Waals surface area contributed by atoms with Crippen LogP contribution in [0.5, 0.6) is 0 Å². The zero-order valence-corrected chi connectivity index (χ0v) is 15.3. The molecule has 0 bridgehead atoms. The van der Waals surface area contributed by atoms with Gasteiger partial charge in [0, 0.05) is 30.1 Å². The Labute approximate surface area is 153 Å². The molecule has 2 aliphatic rings. The molecule has 140 valence electrons. The Morgan fingerprint density at radius 2 is 2.23 bits per heavy atom. The van der Waals surface area contributed by atoms with Gasteiger partial charge in [-0.1, -0.05) is 25.8 Å². The fourth-order valence-electron chi connectivity index (χ4n) is 4.70. The van der Waals surface area contributed by atoms with Gasteiger partial charge in [-0.3, -0.25) is 4.79 Å². The van der Waals surface area contributed by atoms with Crippen molar-refractivity contribution < 1.29 is 13.9 Å². The van der Waals surface area contributed by atoms with Crippen LogP contribution in [-0.4, -0.2) is 41.1 Å². The molecular formula is C21H27FN2O2. The third-order valence-electron chi connectivity index (χ3n) is 6.09. The maximum absolute atomic E-state index is 14.4. The van der Waals surface area contributed by atoms with E-state index in [0.717, 1.165) is 30.3 Å².